The summed E-state index contributed by atoms with van der Waals surface area (Å²) in [5.74, 6) is 0.891. The molecule has 2 aromatic carbocycles. The van der Waals surface area contributed by atoms with Gasteiger partial charge in [-0.25, -0.2) is 4.39 Å². The quantitative estimate of drug-likeness (QED) is 0.834. The highest BCUT2D eigenvalue weighted by Gasteiger charge is 2.23. The molecule has 1 aliphatic heterocycles. The summed E-state index contributed by atoms with van der Waals surface area (Å²) in [4.78, 5) is 0. The smallest absolute Gasteiger partial charge is 0.166 e. The van der Waals surface area contributed by atoms with Crippen LogP contribution in [0.2, 0.25) is 0 Å². The summed E-state index contributed by atoms with van der Waals surface area (Å²) < 4.78 is 19.6. The first-order chi connectivity index (χ1) is 8.79. The SMILES string of the molecule is NCC1Cc2cccc(F)c2Oc2ccccc21. The number of benzene rings is 2. The van der Waals surface area contributed by atoms with E-state index in [0.717, 1.165) is 11.1 Å². The molecule has 92 valence electrons. The van der Waals surface area contributed by atoms with Crippen molar-refractivity contribution < 1.29 is 9.13 Å². The maximum absolute atomic E-state index is 13.8. The van der Waals surface area contributed by atoms with E-state index in [-0.39, 0.29) is 11.7 Å². The van der Waals surface area contributed by atoms with Crippen LogP contribution in [0.15, 0.2) is 42.5 Å². The van der Waals surface area contributed by atoms with Crippen LogP contribution in [0.1, 0.15) is 17.0 Å². The lowest BCUT2D eigenvalue weighted by Crippen LogP contribution is -2.14. The van der Waals surface area contributed by atoms with Gasteiger partial charge in [0.05, 0.1) is 0 Å². The van der Waals surface area contributed by atoms with E-state index in [4.69, 9.17) is 10.5 Å². The molecule has 0 bridgehead atoms. The van der Waals surface area contributed by atoms with Gasteiger partial charge >= 0.3 is 0 Å². The molecule has 0 amide bonds. The van der Waals surface area contributed by atoms with Gasteiger partial charge in [0.25, 0.3) is 0 Å². The molecule has 3 rings (SSSR count). The molecular weight excluding hydrogens is 229 g/mol. The monoisotopic (exact) mass is 243 g/mol. The molecule has 0 saturated carbocycles. The molecule has 18 heavy (non-hydrogen) atoms. The average molecular weight is 243 g/mol. The molecule has 0 spiro atoms. The summed E-state index contributed by atoms with van der Waals surface area (Å²) in [6.07, 6.45) is 0.709. The second-order valence-electron chi connectivity index (χ2n) is 4.50. The Morgan fingerprint density at radius 1 is 1.17 bits per heavy atom. The minimum Gasteiger partial charge on any atom is -0.454 e. The summed E-state index contributed by atoms with van der Waals surface area (Å²) in [7, 11) is 0. The lowest BCUT2D eigenvalue weighted by atomic mass is 9.92. The van der Waals surface area contributed by atoms with Gasteiger partial charge in [-0.1, -0.05) is 30.3 Å². The zero-order chi connectivity index (χ0) is 12.5. The Hall–Kier alpha value is -1.87. The molecule has 1 heterocycles. The minimum absolute atomic E-state index is 0.171. The lowest BCUT2D eigenvalue weighted by molar-refractivity contribution is 0.439. The van der Waals surface area contributed by atoms with Crippen molar-refractivity contribution in [3.8, 4) is 11.5 Å². The van der Waals surface area contributed by atoms with Crippen LogP contribution in [0.5, 0.6) is 11.5 Å². The Balaban J connectivity index is 2.17. The molecule has 0 radical (unpaired) electrons. The van der Waals surface area contributed by atoms with E-state index in [9.17, 15) is 4.39 Å². The van der Waals surface area contributed by atoms with Crippen LogP contribution >= 0.6 is 0 Å². The zero-order valence-corrected chi connectivity index (χ0v) is 9.90. The van der Waals surface area contributed by atoms with Crippen molar-refractivity contribution in [1.82, 2.24) is 0 Å². The van der Waals surface area contributed by atoms with Crippen LogP contribution < -0.4 is 10.5 Å². The third-order valence-electron chi connectivity index (χ3n) is 3.37. The number of fused-ring (bicyclic) bond motifs is 2. The number of halogens is 1. The van der Waals surface area contributed by atoms with Crippen LogP contribution in [0.3, 0.4) is 0 Å². The average Bonchev–Trinajstić information content (AvgIpc) is 2.56. The van der Waals surface area contributed by atoms with Crippen molar-refractivity contribution in [3.05, 3.63) is 59.4 Å². The van der Waals surface area contributed by atoms with Crippen LogP contribution in [-0.4, -0.2) is 6.54 Å². The normalized spacial score (nSPS) is 17.3. The van der Waals surface area contributed by atoms with E-state index in [1.807, 2.05) is 30.3 Å². The molecule has 2 nitrogen and oxygen atoms in total. The summed E-state index contributed by atoms with van der Waals surface area (Å²) in [5, 5.41) is 0. The second kappa shape index (κ2) is 4.42. The molecule has 0 fully saturated rings. The van der Waals surface area contributed by atoms with E-state index in [1.54, 1.807) is 6.07 Å². The maximum atomic E-state index is 13.8. The number of hydrogen-bond acceptors (Lipinski definition) is 2. The highest BCUT2D eigenvalue weighted by molar-refractivity contribution is 5.47. The fraction of sp³-hybridized carbons (Fsp3) is 0.200. The second-order valence-corrected chi connectivity index (χ2v) is 4.50. The van der Waals surface area contributed by atoms with Crippen molar-refractivity contribution in [2.75, 3.05) is 6.54 Å². The molecule has 0 aliphatic carbocycles. The number of rotatable bonds is 1. The van der Waals surface area contributed by atoms with Crippen molar-refractivity contribution >= 4 is 0 Å². The van der Waals surface area contributed by atoms with Gasteiger partial charge in [-0.2, -0.15) is 0 Å². The molecule has 2 aromatic rings. The molecular formula is C15H14FNO. The largest absolute Gasteiger partial charge is 0.454 e. The van der Waals surface area contributed by atoms with Gasteiger partial charge in [-0.3, -0.25) is 0 Å². The Bertz CT molecular complexity index is 582. The molecule has 0 aromatic heterocycles. The molecule has 1 aliphatic rings. The van der Waals surface area contributed by atoms with Gasteiger partial charge in [0.15, 0.2) is 11.6 Å². The summed E-state index contributed by atoms with van der Waals surface area (Å²) in [5.41, 5.74) is 7.76. The van der Waals surface area contributed by atoms with Gasteiger partial charge in [-0.15, -0.1) is 0 Å². The van der Waals surface area contributed by atoms with Crippen molar-refractivity contribution in [2.24, 2.45) is 5.73 Å². The third kappa shape index (κ3) is 1.77. The Labute approximate surface area is 105 Å². The molecule has 1 atom stereocenters. The number of nitrogens with two attached hydrogens (primary N) is 1. The molecule has 3 heteroatoms. The molecule has 0 saturated heterocycles. The lowest BCUT2D eigenvalue weighted by Gasteiger charge is -2.13. The Morgan fingerprint density at radius 2 is 2.00 bits per heavy atom. The maximum Gasteiger partial charge on any atom is 0.166 e. The first-order valence-corrected chi connectivity index (χ1v) is 6.04. The fourth-order valence-electron chi connectivity index (χ4n) is 2.43. The number of hydrogen-bond donors (Lipinski definition) is 1. The van der Waals surface area contributed by atoms with Gasteiger partial charge in [0, 0.05) is 5.92 Å². The van der Waals surface area contributed by atoms with E-state index in [0.29, 0.717) is 24.5 Å². The highest BCUT2D eigenvalue weighted by atomic mass is 19.1. The first kappa shape index (κ1) is 11.2. The van der Waals surface area contributed by atoms with Gasteiger partial charge in [-0.05, 0) is 36.2 Å². The van der Waals surface area contributed by atoms with Crippen molar-refractivity contribution in [1.29, 1.82) is 0 Å². The van der Waals surface area contributed by atoms with Gasteiger partial charge < -0.3 is 10.5 Å². The number of para-hydroxylation sites is 2. The zero-order valence-electron chi connectivity index (χ0n) is 9.90. The van der Waals surface area contributed by atoms with E-state index < -0.39 is 0 Å². The van der Waals surface area contributed by atoms with Gasteiger partial charge in [0.1, 0.15) is 5.75 Å². The highest BCUT2D eigenvalue weighted by Crippen LogP contribution is 2.39. The Kier molecular flexibility index (Phi) is 2.76. The summed E-state index contributed by atoms with van der Waals surface area (Å²) in [6.45, 7) is 0.524. The fourth-order valence-corrected chi connectivity index (χ4v) is 2.43. The van der Waals surface area contributed by atoms with E-state index >= 15 is 0 Å². The van der Waals surface area contributed by atoms with E-state index in [1.165, 1.54) is 6.07 Å². The third-order valence-corrected chi connectivity index (χ3v) is 3.37. The predicted octanol–water partition coefficient (Wildman–Crippen LogP) is 3.22. The predicted molar refractivity (Wildman–Crippen MR) is 68.4 cm³/mol. The van der Waals surface area contributed by atoms with Crippen LogP contribution in [0.25, 0.3) is 0 Å². The van der Waals surface area contributed by atoms with Crippen LogP contribution in [0, 0.1) is 5.82 Å². The topological polar surface area (TPSA) is 35.2 Å². The van der Waals surface area contributed by atoms with Crippen molar-refractivity contribution in [3.63, 3.8) is 0 Å². The van der Waals surface area contributed by atoms with Crippen LogP contribution in [0.4, 0.5) is 4.39 Å². The van der Waals surface area contributed by atoms with Crippen LogP contribution in [-0.2, 0) is 6.42 Å². The standard InChI is InChI=1S/C15H14FNO/c16-13-6-3-4-10-8-11(9-17)12-5-1-2-7-14(12)18-15(10)13/h1-7,11H,8-9,17H2. The van der Waals surface area contributed by atoms with E-state index in [2.05, 4.69) is 0 Å². The summed E-state index contributed by atoms with van der Waals surface area (Å²) in [6, 6.07) is 12.7. The molecule has 1 unspecified atom stereocenters. The number of ether oxygens (including phenoxy) is 1. The van der Waals surface area contributed by atoms with Gasteiger partial charge in [0.2, 0.25) is 0 Å². The first-order valence-electron chi connectivity index (χ1n) is 6.04. The van der Waals surface area contributed by atoms with Crippen molar-refractivity contribution in [2.45, 2.75) is 12.3 Å². The molecule has 2 N–H and O–H groups in total. The Morgan fingerprint density at radius 3 is 2.83 bits per heavy atom. The minimum atomic E-state index is -0.319. The summed E-state index contributed by atoms with van der Waals surface area (Å²) >= 11 is 0.